The Kier molecular flexibility index (Phi) is 4.32. The first-order valence-electron chi connectivity index (χ1n) is 6.97. The van der Waals surface area contributed by atoms with Crippen molar-refractivity contribution >= 4 is 17.9 Å². The summed E-state index contributed by atoms with van der Waals surface area (Å²) in [7, 11) is 0. The van der Waals surface area contributed by atoms with Gasteiger partial charge in [-0.25, -0.2) is 0 Å². The van der Waals surface area contributed by atoms with E-state index in [-0.39, 0.29) is 11.6 Å². The number of Topliss-reactive ketones (excluding diaryl/α,β-unsaturated/α-hetero) is 2. The van der Waals surface area contributed by atoms with Gasteiger partial charge in [0.05, 0.1) is 0 Å². The molecule has 0 fully saturated rings. The molecule has 0 bridgehead atoms. The molecule has 3 heteroatoms. The molecule has 2 rings (SSSR count). The zero-order valence-electron chi connectivity index (χ0n) is 12.5. The lowest BCUT2D eigenvalue weighted by Crippen LogP contribution is -2.26. The van der Waals surface area contributed by atoms with Gasteiger partial charge < -0.3 is 4.79 Å². The molecular formula is C18H18O3. The highest BCUT2D eigenvalue weighted by atomic mass is 16.1. The molecule has 0 N–H and O–H groups in total. The number of hydrogen-bond acceptors (Lipinski definition) is 3. The second-order valence-corrected chi connectivity index (χ2v) is 5.32. The van der Waals surface area contributed by atoms with E-state index in [1.54, 1.807) is 31.2 Å². The molecule has 0 amide bonds. The lowest BCUT2D eigenvalue weighted by Gasteiger charge is -2.22. The van der Waals surface area contributed by atoms with E-state index in [0.29, 0.717) is 28.7 Å². The van der Waals surface area contributed by atoms with Crippen LogP contribution in [0.2, 0.25) is 0 Å². The van der Waals surface area contributed by atoms with Crippen LogP contribution in [0.1, 0.15) is 47.9 Å². The number of ketones is 2. The Morgan fingerprint density at radius 3 is 2.24 bits per heavy atom. The number of benzene rings is 1. The van der Waals surface area contributed by atoms with Crippen molar-refractivity contribution in [1.82, 2.24) is 0 Å². The molecule has 0 heterocycles. The van der Waals surface area contributed by atoms with E-state index in [2.05, 4.69) is 0 Å². The Morgan fingerprint density at radius 2 is 1.71 bits per heavy atom. The third kappa shape index (κ3) is 2.64. The van der Waals surface area contributed by atoms with Crippen LogP contribution in [-0.4, -0.2) is 17.9 Å². The van der Waals surface area contributed by atoms with Gasteiger partial charge >= 0.3 is 0 Å². The minimum absolute atomic E-state index is 0.162. The Hall–Kier alpha value is -2.29. The van der Waals surface area contributed by atoms with E-state index in [1.165, 1.54) is 0 Å². The first-order valence-corrected chi connectivity index (χ1v) is 6.97. The first kappa shape index (κ1) is 15.1. The van der Waals surface area contributed by atoms with Crippen molar-refractivity contribution in [1.29, 1.82) is 0 Å². The van der Waals surface area contributed by atoms with E-state index in [9.17, 15) is 14.4 Å². The van der Waals surface area contributed by atoms with Crippen LogP contribution in [0.25, 0.3) is 0 Å². The molecule has 1 aromatic rings. The van der Waals surface area contributed by atoms with Crippen LogP contribution >= 0.6 is 0 Å². The topological polar surface area (TPSA) is 51.2 Å². The van der Waals surface area contributed by atoms with Crippen molar-refractivity contribution in [2.45, 2.75) is 27.2 Å². The van der Waals surface area contributed by atoms with Gasteiger partial charge in [0.15, 0.2) is 11.6 Å². The summed E-state index contributed by atoms with van der Waals surface area (Å²) < 4.78 is 0. The van der Waals surface area contributed by atoms with Gasteiger partial charge in [0, 0.05) is 28.2 Å². The van der Waals surface area contributed by atoms with Gasteiger partial charge in [-0.1, -0.05) is 35.9 Å². The minimum Gasteiger partial charge on any atom is -0.303 e. The molecule has 0 spiro atoms. The molecule has 3 nitrogen and oxygen atoms in total. The van der Waals surface area contributed by atoms with Crippen LogP contribution in [0.4, 0.5) is 0 Å². The molecule has 0 saturated carbocycles. The Balaban J connectivity index is 2.53. The maximum Gasteiger partial charge on any atom is 0.190 e. The Labute approximate surface area is 124 Å². The molecule has 0 aromatic heterocycles. The van der Waals surface area contributed by atoms with Gasteiger partial charge in [-0.2, -0.15) is 0 Å². The second-order valence-electron chi connectivity index (χ2n) is 5.32. The maximum atomic E-state index is 12.7. The van der Waals surface area contributed by atoms with Gasteiger partial charge in [0.25, 0.3) is 0 Å². The second kappa shape index (κ2) is 6.00. The molecule has 1 aliphatic rings. The highest BCUT2D eigenvalue weighted by molar-refractivity contribution is 6.27. The molecule has 0 saturated heterocycles. The van der Waals surface area contributed by atoms with Crippen molar-refractivity contribution in [3.05, 3.63) is 58.2 Å². The predicted molar refractivity (Wildman–Crippen MR) is 81.4 cm³/mol. The summed E-state index contributed by atoms with van der Waals surface area (Å²) in [6, 6.07) is 6.77. The largest absolute Gasteiger partial charge is 0.303 e. The number of rotatable bonds is 4. The average Bonchev–Trinajstić information content (AvgIpc) is 2.51. The zero-order valence-corrected chi connectivity index (χ0v) is 12.5. The van der Waals surface area contributed by atoms with Crippen LogP contribution in [0.5, 0.6) is 0 Å². The predicted octanol–water partition coefficient (Wildman–Crippen LogP) is 3.55. The van der Waals surface area contributed by atoms with Gasteiger partial charge in [0.2, 0.25) is 0 Å². The SMILES string of the molecule is C/C=C(\C)CC(C=O)C1=C(C)C(=O)c2ccccc2C1=O. The standard InChI is InChI=1S/C18H18O3/c1-4-11(2)9-13(10-19)16-12(3)17(20)14-7-5-6-8-15(14)18(16)21/h4-8,10,13H,9H2,1-3H3/b11-4+. The highest BCUT2D eigenvalue weighted by Gasteiger charge is 2.33. The minimum atomic E-state index is -0.564. The summed E-state index contributed by atoms with van der Waals surface area (Å²) in [6.45, 7) is 5.43. The molecule has 1 aliphatic carbocycles. The molecule has 0 radical (unpaired) electrons. The number of allylic oxidation sites excluding steroid dienone is 4. The third-order valence-electron chi connectivity index (χ3n) is 3.98. The van der Waals surface area contributed by atoms with Gasteiger partial charge in [0.1, 0.15) is 6.29 Å². The summed E-state index contributed by atoms with van der Waals surface area (Å²) in [6.07, 6.45) is 3.15. The van der Waals surface area contributed by atoms with E-state index in [0.717, 1.165) is 11.9 Å². The Bertz CT molecular complexity index is 677. The van der Waals surface area contributed by atoms with Crippen molar-refractivity contribution in [3.63, 3.8) is 0 Å². The van der Waals surface area contributed by atoms with Crippen molar-refractivity contribution < 1.29 is 14.4 Å². The van der Waals surface area contributed by atoms with Crippen molar-refractivity contribution in [2.24, 2.45) is 5.92 Å². The number of carbonyl (C=O) groups excluding carboxylic acids is 3. The lowest BCUT2D eigenvalue weighted by molar-refractivity contribution is -0.110. The van der Waals surface area contributed by atoms with Crippen molar-refractivity contribution in [3.8, 4) is 0 Å². The van der Waals surface area contributed by atoms with Crippen LogP contribution in [-0.2, 0) is 4.79 Å². The Morgan fingerprint density at radius 1 is 1.14 bits per heavy atom. The van der Waals surface area contributed by atoms with Crippen LogP contribution in [0, 0.1) is 5.92 Å². The van der Waals surface area contributed by atoms with E-state index in [1.807, 2.05) is 19.9 Å². The highest BCUT2D eigenvalue weighted by Crippen LogP contribution is 2.32. The zero-order chi connectivity index (χ0) is 15.6. The quantitative estimate of drug-likeness (QED) is 0.627. The maximum absolute atomic E-state index is 12.7. The molecule has 108 valence electrons. The van der Waals surface area contributed by atoms with E-state index >= 15 is 0 Å². The third-order valence-corrected chi connectivity index (χ3v) is 3.98. The molecule has 1 atom stereocenters. The summed E-state index contributed by atoms with van der Waals surface area (Å²) in [5.41, 5.74) is 2.57. The van der Waals surface area contributed by atoms with Crippen LogP contribution in [0.15, 0.2) is 47.1 Å². The summed E-state index contributed by atoms with van der Waals surface area (Å²) in [5.74, 6) is -0.931. The summed E-state index contributed by atoms with van der Waals surface area (Å²) >= 11 is 0. The number of aldehydes is 1. The molecular weight excluding hydrogens is 264 g/mol. The van der Waals surface area contributed by atoms with Gasteiger partial charge in [-0.05, 0) is 27.2 Å². The molecule has 21 heavy (non-hydrogen) atoms. The monoisotopic (exact) mass is 282 g/mol. The summed E-state index contributed by atoms with van der Waals surface area (Å²) in [4.78, 5) is 36.5. The van der Waals surface area contributed by atoms with Crippen LogP contribution < -0.4 is 0 Å². The fraction of sp³-hybridized carbons (Fsp3) is 0.278. The lowest BCUT2D eigenvalue weighted by atomic mass is 9.78. The van der Waals surface area contributed by atoms with Gasteiger partial charge in [-0.3, -0.25) is 9.59 Å². The summed E-state index contributed by atoms with van der Waals surface area (Å²) in [5, 5.41) is 0. The molecule has 1 aromatic carbocycles. The molecule has 0 aliphatic heterocycles. The fourth-order valence-electron chi connectivity index (χ4n) is 2.65. The normalized spacial score (nSPS) is 16.8. The van der Waals surface area contributed by atoms with E-state index < -0.39 is 5.92 Å². The number of carbonyl (C=O) groups is 3. The number of hydrogen-bond donors (Lipinski definition) is 0. The van der Waals surface area contributed by atoms with Gasteiger partial charge in [-0.15, -0.1) is 0 Å². The fourth-order valence-corrected chi connectivity index (χ4v) is 2.65. The average molecular weight is 282 g/mol. The van der Waals surface area contributed by atoms with Crippen molar-refractivity contribution in [2.75, 3.05) is 0 Å². The smallest absolute Gasteiger partial charge is 0.190 e. The van der Waals surface area contributed by atoms with E-state index in [4.69, 9.17) is 0 Å². The number of fused-ring (bicyclic) bond motifs is 1. The molecule has 1 unspecified atom stereocenters. The first-order chi connectivity index (χ1) is 10.0. The van der Waals surface area contributed by atoms with Crippen LogP contribution in [0.3, 0.4) is 0 Å².